The predicted molar refractivity (Wildman–Crippen MR) is 157 cm³/mol. The SMILES string of the molecule is CCOc1ccc([C@H](C(=O)NC2CCCCC2)N(C(=O)Cn2nnc3ccccc32)c2cccc(C(C)=O)c2)cc1. The van der Waals surface area contributed by atoms with Gasteiger partial charge in [0.1, 0.15) is 23.9 Å². The van der Waals surface area contributed by atoms with Gasteiger partial charge >= 0.3 is 0 Å². The minimum atomic E-state index is -0.989. The van der Waals surface area contributed by atoms with Gasteiger partial charge in [-0.25, -0.2) is 4.68 Å². The molecular formula is C32H35N5O4. The maximum absolute atomic E-state index is 14.3. The molecule has 2 amide bonds. The van der Waals surface area contributed by atoms with Crippen molar-refractivity contribution in [3.8, 4) is 5.75 Å². The molecule has 0 bridgehead atoms. The minimum Gasteiger partial charge on any atom is -0.494 e. The van der Waals surface area contributed by atoms with Crippen molar-refractivity contribution < 1.29 is 19.1 Å². The van der Waals surface area contributed by atoms with Crippen molar-refractivity contribution in [2.45, 2.75) is 64.6 Å². The average molecular weight is 554 g/mol. The monoisotopic (exact) mass is 553 g/mol. The number of nitrogens with zero attached hydrogens (tertiary/aromatic N) is 4. The first-order valence-electron chi connectivity index (χ1n) is 14.2. The molecule has 9 nitrogen and oxygen atoms in total. The van der Waals surface area contributed by atoms with Gasteiger partial charge < -0.3 is 10.1 Å². The summed E-state index contributed by atoms with van der Waals surface area (Å²) in [5.74, 6) is -0.0934. The van der Waals surface area contributed by atoms with Gasteiger partial charge in [-0.2, -0.15) is 0 Å². The van der Waals surface area contributed by atoms with Crippen LogP contribution in [0.4, 0.5) is 5.69 Å². The first-order chi connectivity index (χ1) is 19.9. The van der Waals surface area contributed by atoms with Gasteiger partial charge in [-0.3, -0.25) is 19.3 Å². The molecule has 1 fully saturated rings. The first kappa shape index (κ1) is 28.0. The maximum atomic E-state index is 14.3. The zero-order chi connectivity index (χ0) is 28.8. The number of Topliss-reactive ketones (excluding diaryl/α,β-unsaturated/α-hetero) is 1. The van der Waals surface area contributed by atoms with Gasteiger partial charge in [0.15, 0.2) is 5.78 Å². The molecule has 0 saturated heterocycles. The van der Waals surface area contributed by atoms with E-state index in [-0.39, 0.29) is 30.2 Å². The van der Waals surface area contributed by atoms with Crippen molar-refractivity contribution in [3.05, 3.63) is 83.9 Å². The number of ether oxygens (including phenoxy) is 1. The minimum absolute atomic E-state index is 0.0428. The summed E-state index contributed by atoms with van der Waals surface area (Å²) in [6.07, 6.45) is 5.08. The number of hydrogen-bond donors (Lipinski definition) is 1. The fourth-order valence-corrected chi connectivity index (χ4v) is 5.41. The van der Waals surface area contributed by atoms with Crippen molar-refractivity contribution in [1.29, 1.82) is 0 Å². The molecule has 0 spiro atoms. The third-order valence-electron chi connectivity index (χ3n) is 7.47. The lowest BCUT2D eigenvalue weighted by Gasteiger charge is -2.33. The van der Waals surface area contributed by atoms with Crippen LogP contribution in [0, 0.1) is 0 Å². The highest BCUT2D eigenvalue weighted by molar-refractivity contribution is 6.03. The van der Waals surface area contributed by atoms with E-state index < -0.39 is 6.04 Å². The Balaban J connectivity index is 1.59. The summed E-state index contributed by atoms with van der Waals surface area (Å²) in [5.41, 5.74) is 2.91. The standard InChI is InChI=1S/C32H35N5O4/c1-3-41-27-18-16-23(17-19-27)31(32(40)33-25-11-5-4-6-12-25)37(26-13-9-10-24(20-26)22(2)38)30(39)21-36-29-15-8-7-14-28(29)34-35-36/h7-10,13-20,25,31H,3-6,11-12,21H2,1-2H3,(H,33,40)/t31-/m1/s1. The maximum Gasteiger partial charge on any atom is 0.249 e. The summed E-state index contributed by atoms with van der Waals surface area (Å²) in [4.78, 5) is 42.2. The zero-order valence-electron chi connectivity index (χ0n) is 23.5. The van der Waals surface area contributed by atoms with Crippen molar-refractivity contribution in [2.75, 3.05) is 11.5 Å². The van der Waals surface area contributed by atoms with E-state index in [2.05, 4.69) is 15.6 Å². The molecule has 9 heteroatoms. The summed E-state index contributed by atoms with van der Waals surface area (Å²) in [7, 11) is 0. The van der Waals surface area contributed by atoms with Crippen LogP contribution in [0.15, 0.2) is 72.8 Å². The highest BCUT2D eigenvalue weighted by Gasteiger charge is 2.35. The van der Waals surface area contributed by atoms with E-state index in [4.69, 9.17) is 4.74 Å². The lowest BCUT2D eigenvalue weighted by Crippen LogP contribution is -2.48. The number of fused-ring (bicyclic) bond motifs is 1. The average Bonchev–Trinajstić information content (AvgIpc) is 3.39. The van der Waals surface area contributed by atoms with Gasteiger partial charge in [-0.05, 0) is 68.7 Å². The number of carbonyl (C=O) groups is 3. The number of ketones is 1. The number of anilines is 1. The van der Waals surface area contributed by atoms with Gasteiger partial charge in [0.25, 0.3) is 0 Å². The number of hydrogen-bond acceptors (Lipinski definition) is 6. The Morgan fingerprint density at radius 3 is 2.49 bits per heavy atom. The van der Waals surface area contributed by atoms with Crippen LogP contribution in [0.3, 0.4) is 0 Å². The fourth-order valence-electron chi connectivity index (χ4n) is 5.41. The van der Waals surface area contributed by atoms with Gasteiger partial charge in [-0.15, -0.1) is 5.10 Å². The van der Waals surface area contributed by atoms with Gasteiger partial charge in [0, 0.05) is 17.3 Å². The number of carbonyl (C=O) groups excluding carboxylic acids is 3. The zero-order valence-corrected chi connectivity index (χ0v) is 23.5. The lowest BCUT2D eigenvalue weighted by atomic mass is 9.94. The second kappa shape index (κ2) is 12.8. The van der Waals surface area contributed by atoms with Gasteiger partial charge in [0.2, 0.25) is 11.8 Å². The number of benzene rings is 3. The Hall–Kier alpha value is -4.53. The van der Waals surface area contributed by atoms with Gasteiger partial charge in [0.05, 0.1) is 12.1 Å². The molecule has 1 N–H and O–H groups in total. The molecule has 212 valence electrons. The second-order valence-corrected chi connectivity index (χ2v) is 10.4. The van der Waals surface area contributed by atoms with E-state index in [9.17, 15) is 14.4 Å². The van der Waals surface area contributed by atoms with Crippen LogP contribution in [0.25, 0.3) is 11.0 Å². The van der Waals surface area contributed by atoms with E-state index in [1.807, 2.05) is 43.3 Å². The summed E-state index contributed by atoms with van der Waals surface area (Å²) >= 11 is 0. The summed E-state index contributed by atoms with van der Waals surface area (Å²) in [6, 6.07) is 20.5. The molecule has 4 aromatic rings. The van der Waals surface area contributed by atoms with E-state index in [0.29, 0.717) is 40.2 Å². The molecule has 1 atom stereocenters. The van der Waals surface area contributed by atoms with E-state index in [1.54, 1.807) is 36.4 Å². The largest absolute Gasteiger partial charge is 0.494 e. The molecular weight excluding hydrogens is 518 g/mol. The summed E-state index contributed by atoms with van der Waals surface area (Å²) in [6.45, 7) is 3.76. The van der Waals surface area contributed by atoms with E-state index in [0.717, 1.165) is 32.1 Å². The van der Waals surface area contributed by atoms with Gasteiger partial charge in [-0.1, -0.05) is 60.9 Å². The number of rotatable bonds is 10. The number of nitrogens with one attached hydrogen (secondary N) is 1. The highest BCUT2D eigenvalue weighted by Crippen LogP contribution is 2.31. The van der Waals surface area contributed by atoms with Crippen LogP contribution in [-0.2, 0) is 16.1 Å². The molecule has 41 heavy (non-hydrogen) atoms. The number of aromatic nitrogens is 3. The second-order valence-electron chi connectivity index (χ2n) is 10.4. The topological polar surface area (TPSA) is 106 Å². The molecule has 0 aliphatic heterocycles. The van der Waals surface area contributed by atoms with Crippen LogP contribution in [0.5, 0.6) is 5.75 Å². The summed E-state index contributed by atoms with van der Waals surface area (Å²) in [5, 5.41) is 11.6. The van der Waals surface area contributed by atoms with Crippen molar-refractivity contribution >= 4 is 34.3 Å². The Morgan fingerprint density at radius 2 is 1.76 bits per heavy atom. The fraction of sp³-hybridized carbons (Fsp3) is 0.344. The molecule has 1 aromatic heterocycles. The van der Waals surface area contributed by atoms with Crippen LogP contribution < -0.4 is 15.0 Å². The van der Waals surface area contributed by atoms with Crippen LogP contribution in [-0.4, -0.2) is 45.2 Å². The molecule has 1 aliphatic carbocycles. The lowest BCUT2D eigenvalue weighted by molar-refractivity contribution is -0.127. The molecule has 1 heterocycles. The Labute approximate surface area is 239 Å². The van der Waals surface area contributed by atoms with Crippen molar-refractivity contribution in [3.63, 3.8) is 0 Å². The van der Waals surface area contributed by atoms with Crippen molar-refractivity contribution in [2.24, 2.45) is 0 Å². The van der Waals surface area contributed by atoms with E-state index in [1.165, 1.54) is 16.5 Å². The predicted octanol–water partition coefficient (Wildman–Crippen LogP) is 5.26. The number of amides is 2. The molecule has 1 aliphatic rings. The van der Waals surface area contributed by atoms with Crippen LogP contribution in [0.1, 0.15) is 67.9 Å². The van der Waals surface area contributed by atoms with Crippen LogP contribution >= 0.6 is 0 Å². The summed E-state index contributed by atoms with van der Waals surface area (Å²) < 4.78 is 7.17. The normalized spacial score (nSPS) is 14.4. The number of para-hydroxylation sites is 1. The molecule has 0 radical (unpaired) electrons. The molecule has 5 rings (SSSR count). The van der Waals surface area contributed by atoms with E-state index >= 15 is 0 Å². The smallest absolute Gasteiger partial charge is 0.249 e. The Kier molecular flexibility index (Phi) is 8.72. The van der Waals surface area contributed by atoms with Crippen LogP contribution in [0.2, 0.25) is 0 Å². The first-order valence-corrected chi connectivity index (χ1v) is 14.2. The highest BCUT2D eigenvalue weighted by atomic mass is 16.5. The quantitative estimate of drug-likeness (QED) is 0.269. The third-order valence-corrected chi connectivity index (χ3v) is 7.47. The molecule has 1 saturated carbocycles. The van der Waals surface area contributed by atoms with Crippen molar-refractivity contribution in [1.82, 2.24) is 20.3 Å². The molecule has 3 aromatic carbocycles. The third kappa shape index (κ3) is 6.45. The Morgan fingerprint density at radius 1 is 1.00 bits per heavy atom. The Bertz CT molecular complexity index is 1520. The molecule has 0 unspecified atom stereocenters.